The minimum atomic E-state index is -0.298. The Morgan fingerprint density at radius 1 is 1.19 bits per heavy atom. The van der Waals surface area contributed by atoms with E-state index in [2.05, 4.69) is 4.90 Å². The third-order valence-electron chi connectivity index (χ3n) is 4.75. The first-order valence-electron chi connectivity index (χ1n) is 7.91. The summed E-state index contributed by atoms with van der Waals surface area (Å²) in [5.41, 5.74) is 0.468. The van der Waals surface area contributed by atoms with Gasteiger partial charge in [0.05, 0.1) is 17.2 Å². The van der Waals surface area contributed by atoms with E-state index in [-0.39, 0.29) is 5.97 Å². The van der Waals surface area contributed by atoms with Crippen LogP contribution < -0.4 is 0 Å². The molecule has 0 radical (unpaired) electrons. The minimum absolute atomic E-state index is 0.298. The number of benzene rings is 1. The summed E-state index contributed by atoms with van der Waals surface area (Å²) < 4.78 is 5.55. The highest BCUT2D eigenvalue weighted by molar-refractivity contribution is 6.33. The molecule has 2 atom stereocenters. The molecule has 0 spiro atoms. The van der Waals surface area contributed by atoms with Crippen molar-refractivity contribution >= 4 is 17.6 Å². The lowest BCUT2D eigenvalue weighted by molar-refractivity contribution is 0.00740. The molecular formula is C17H22ClNO2. The fourth-order valence-corrected chi connectivity index (χ4v) is 3.87. The van der Waals surface area contributed by atoms with Gasteiger partial charge in [-0.2, -0.15) is 0 Å². The lowest BCUT2D eigenvalue weighted by Crippen LogP contribution is -2.49. The number of ether oxygens (including phenoxy) is 1. The first-order chi connectivity index (χ1) is 10.3. The molecule has 1 aromatic carbocycles. The number of rotatable bonds is 3. The van der Waals surface area contributed by atoms with Crippen LogP contribution in [-0.2, 0) is 4.74 Å². The van der Waals surface area contributed by atoms with Crippen molar-refractivity contribution < 1.29 is 9.53 Å². The molecule has 114 valence electrons. The van der Waals surface area contributed by atoms with Gasteiger partial charge in [-0.1, -0.05) is 30.2 Å². The molecule has 3 nitrogen and oxygen atoms in total. The van der Waals surface area contributed by atoms with Crippen molar-refractivity contribution in [3.05, 3.63) is 34.9 Å². The molecule has 0 aromatic heterocycles. The van der Waals surface area contributed by atoms with Crippen LogP contribution in [0.5, 0.6) is 0 Å². The quantitative estimate of drug-likeness (QED) is 0.796. The maximum Gasteiger partial charge on any atom is 0.339 e. The van der Waals surface area contributed by atoms with E-state index in [1.807, 2.05) is 12.1 Å². The molecule has 2 aliphatic heterocycles. The molecule has 2 heterocycles. The Hall–Kier alpha value is -1.06. The van der Waals surface area contributed by atoms with Crippen molar-refractivity contribution in [2.24, 2.45) is 5.92 Å². The highest BCUT2D eigenvalue weighted by Crippen LogP contribution is 2.31. The van der Waals surface area contributed by atoms with Gasteiger partial charge in [0.1, 0.15) is 0 Å². The number of esters is 1. The van der Waals surface area contributed by atoms with Gasteiger partial charge < -0.3 is 4.74 Å². The van der Waals surface area contributed by atoms with Gasteiger partial charge in [-0.3, -0.25) is 4.90 Å². The van der Waals surface area contributed by atoms with Crippen molar-refractivity contribution in [1.82, 2.24) is 4.90 Å². The number of hydrogen-bond acceptors (Lipinski definition) is 3. The number of piperidine rings is 2. The summed E-state index contributed by atoms with van der Waals surface area (Å²) in [6.45, 7) is 2.93. The monoisotopic (exact) mass is 307 g/mol. The first kappa shape index (κ1) is 14.9. The van der Waals surface area contributed by atoms with Crippen LogP contribution in [0, 0.1) is 5.92 Å². The van der Waals surface area contributed by atoms with Gasteiger partial charge in [0.2, 0.25) is 0 Å². The third-order valence-corrected chi connectivity index (χ3v) is 5.08. The average molecular weight is 308 g/mol. The van der Waals surface area contributed by atoms with Gasteiger partial charge in [-0.15, -0.1) is 0 Å². The molecule has 2 fully saturated rings. The normalized spacial score (nSPS) is 26.1. The average Bonchev–Trinajstić information content (AvgIpc) is 2.53. The molecule has 0 bridgehead atoms. The maximum atomic E-state index is 12.1. The molecule has 1 aromatic rings. The van der Waals surface area contributed by atoms with Gasteiger partial charge in [0, 0.05) is 12.0 Å². The van der Waals surface area contributed by atoms with E-state index >= 15 is 0 Å². The van der Waals surface area contributed by atoms with Gasteiger partial charge in [0.25, 0.3) is 0 Å². The van der Waals surface area contributed by atoms with E-state index in [1.165, 1.54) is 38.8 Å². The smallest absolute Gasteiger partial charge is 0.339 e. The minimum Gasteiger partial charge on any atom is -0.462 e. The Bertz CT molecular complexity index is 503. The lowest BCUT2D eigenvalue weighted by atomic mass is 9.84. The number of carbonyl (C=O) groups is 1. The molecule has 4 heteroatoms. The zero-order valence-electron chi connectivity index (χ0n) is 12.3. The number of halogens is 1. The van der Waals surface area contributed by atoms with E-state index in [4.69, 9.17) is 16.3 Å². The van der Waals surface area contributed by atoms with Crippen molar-refractivity contribution in [2.45, 2.75) is 38.1 Å². The predicted octanol–water partition coefficient (Wildman–Crippen LogP) is 3.76. The van der Waals surface area contributed by atoms with Crippen molar-refractivity contribution in [3.63, 3.8) is 0 Å². The molecule has 0 aliphatic carbocycles. The summed E-state index contributed by atoms with van der Waals surface area (Å²) in [6, 6.07) is 7.68. The molecule has 2 aliphatic rings. The van der Waals surface area contributed by atoms with E-state index in [0.29, 0.717) is 29.2 Å². The van der Waals surface area contributed by atoms with Gasteiger partial charge in [-0.25, -0.2) is 4.79 Å². The highest BCUT2D eigenvalue weighted by atomic mass is 35.5. The van der Waals surface area contributed by atoms with E-state index in [9.17, 15) is 4.79 Å². The molecule has 2 unspecified atom stereocenters. The number of fused-ring (bicyclic) bond motifs is 1. The fourth-order valence-electron chi connectivity index (χ4n) is 3.66. The standard InChI is InChI=1S/C17H22ClNO2/c18-15-8-2-1-7-14(15)17(20)21-12-13-6-5-11-19-10-4-3-9-16(13)19/h1-2,7-8,13,16H,3-6,9-12H2. The van der Waals surface area contributed by atoms with Crippen LogP contribution in [0.1, 0.15) is 42.5 Å². The maximum absolute atomic E-state index is 12.1. The molecular weight excluding hydrogens is 286 g/mol. The summed E-state index contributed by atoms with van der Waals surface area (Å²) >= 11 is 6.04. The van der Waals surface area contributed by atoms with Gasteiger partial charge in [0.15, 0.2) is 0 Å². The lowest BCUT2D eigenvalue weighted by Gasteiger charge is -2.44. The molecule has 3 rings (SSSR count). The van der Waals surface area contributed by atoms with E-state index in [0.717, 1.165) is 6.42 Å². The van der Waals surface area contributed by atoms with Crippen LogP contribution >= 0.6 is 11.6 Å². The van der Waals surface area contributed by atoms with Crippen LogP contribution in [0.3, 0.4) is 0 Å². The Labute approximate surface area is 131 Å². The van der Waals surface area contributed by atoms with Crippen molar-refractivity contribution in [3.8, 4) is 0 Å². The topological polar surface area (TPSA) is 29.5 Å². The van der Waals surface area contributed by atoms with Crippen LogP contribution in [0.15, 0.2) is 24.3 Å². The zero-order chi connectivity index (χ0) is 14.7. The number of carbonyl (C=O) groups excluding carboxylic acids is 1. The number of nitrogens with zero attached hydrogens (tertiary/aromatic N) is 1. The van der Waals surface area contributed by atoms with Crippen LogP contribution in [-0.4, -0.2) is 36.6 Å². The van der Waals surface area contributed by atoms with E-state index < -0.39 is 0 Å². The molecule has 0 N–H and O–H groups in total. The van der Waals surface area contributed by atoms with Gasteiger partial charge in [-0.05, 0) is 50.9 Å². The SMILES string of the molecule is O=C(OCC1CCCN2CCCCC12)c1ccccc1Cl. The van der Waals surface area contributed by atoms with E-state index in [1.54, 1.807) is 12.1 Å². The third kappa shape index (κ3) is 3.41. The second kappa shape index (κ2) is 6.80. The van der Waals surface area contributed by atoms with Crippen molar-refractivity contribution in [1.29, 1.82) is 0 Å². The summed E-state index contributed by atoms with van der Waals surface area (Å²) in [6.07, 6.45) is 6.23. The van der Waals surface area contributed by atoms with Crippen LogP contribution in [0.4, 0.5) is 0 Å². The predicted molar refractivity (Wildman–Crippen MR) is 83.7 cm³/mol. The van der Waals surface area contributed by atoms with Crippen LogP contribution in [0.2, 0.25) is 5.02 Å². The Morgan fingerprint density at radius 2 is 2.00 bits per heavy atom. The first-order valence-corrected chi connectivity index (χ1v) is 8.29. The second-order valence-electron chi connectivity index (χ2n) is 6.08. The van der Waals surface area contributed by atoms with Crippen molar-refractivity contribution in [2.75, 3.05) is 19.7 Å². The molecule has 0 amide bonds. The Morgan fingerprint density at radius 3 is 2.86 bits per heavy atom. The number of hydrogen-bond donors (Lipinski definition) is 0. The largest absolute Gasteiger partial charge is 0.462 e. The summed E-state index contributed by atoms with van der Waals surface area (Å²) in [4.78, 5) is 14.7. The van der Waals surface area contributed by atoms with Crippen LogP contribution in [0.25, 0.3) is 0 Å². The zero-order valence-corrected chi connectivity index (χ0v) is 13.0. The summed E-state index contributed by atoms with van der Waals surface area (Å²) in [5, 5.41) is 0.463. The fraction of sp³-hybridized carbons (Fsp3) is 0.588. The van der Waals surface area contributed by atoms with Gasteiger partial charge >= 0.3 is 5.97 Å². The summed E-state index contributed by atoms with van der Waals surface area (Å²) in [7, 11) is 0. The molecule has 0 saturated carbocycles. The Kier molecular flexibility index (Phi) is 4.81. The molecule has 2 saturated heterocycles. The summed E-state index contributed by atoms with van der Waals surface area (Å²) in [5.74, 6) is 0.180. The Balaban J connectivity index is 1.59. The molecule has 21 heavy (non-hydrogen) atoms. The second-order valence-corrected chi connectivity index (χ2v) is 6.49. The highest BCUT2D eigenvalue weighted by Gasteiger charge is 2.33.